The molecule has 26 heavy (non-hydrogen) atoms. The molecule has 0 saturated carbocycles. The maximum atomic E-state index is 10.9. The Morgan fingerprint density at radius 1 is 0.962 bits per heavy atom. The van der Waals surface area contributed by atoms with Gasteiger partial charge in [-0.2, -0.15) is 0 Å². The molecule has 2 aromatic carbocycles. The minimum absolute atomic E-state index is 0.0818. The number of ether oxygens (including phenoxy) is 3. The molecule has 1 aliphatic heterocycles. The van der Waals surface area contributed by atoms with Crippen LogP contribution in [0.3, 0.4) is 0 Å². The predicted octanol–water partition coefficient (Wildman–Crippen LogP) is 4.45. The summed E-state index contributed by atoms with van der Waals surface area (Å²) < 4.78 is 17.8. The molecule has 0 bridgehead atoms. The van der Waals surface area contributed by atoms with E-state index in [0.29, 0.717) is 19.6 Å². The highest BCUT2D eigenvalue weighted by molar-refractivity contribution is 5.50. The fourth-order valence-corrected chi connectivity index (χ4v) is 3.18. The Hall–Kier alpha value is -2.01. The largest absolute Gasteiger partial charge is 0.377 e. The van der Waals surface area contributed by atoms with Gasteiger partial charge in [-0.1, -0.05) is 60.7 Å². The second-order valence-electron chi connectivity index (χ2n) is 6.58. The van der Waals surface area contributed by atoms with E-state index < -0.39 is 6.29 Å². The second kappa shape index (κ2) is 10.2. The first-order valence-electron chi connectivity index (χ1n) is 9.26. The Morgan fingerprint density at radius 2 is 1.65 bits per heavy atom. The van der Waals surface area contributed by atoms with Crippen LogP contribution >= 0.6 is 0 Å². The molecule has 1 heterocycles. The zero-order valence-electron chi connectivity index (χ0n) is 15.0. The molecule has 0 N–H and O–H groups in total. The van der Waals surface area contributed by atoms with Crippen molar-refractivity contribution in [1.29, 1.82) is 0 Å². The van der Waals surface area contributed by atoms with Gasteiger partial charge in [0.2, 0.25) is 0 Å². The van der Waals surface area contributed by atoms with Gasteiger partial charge in [0, 0.05) is 25.0 Å². The Kier molecular flexibility index (Phi) is 7.37. The van der Waals surface area contributed by atoms with Crippen molar-refractivity contribution in [2.75, 3.05) is 6.61 Å². The molecule has 138 valence electrons. The molecule has 4 heteroatoms. The van der Waals surface area contributed by atoms with Gasteiger partial charge in [0.15, 0.2) is 6.29 Å². The van der Waals surface area contributed by atoms with Crippen molar-refractivity contribution < 1.29 is 19.0 Å². The number of hydrogen-bond acceptors (Lipinski definition) is 4. The molecule has 0 radical (unpaired) electrons. The summed E-state index contributed by atoms with van der Waals surface area (Å²) in [4.78, 5) is 10.9. The highest BCUT2D eigenvalue weighted by Crippen LogP contribution is 2.32. The lowest BCUT2D eigenvalue weighted by atomic mass is 10.0. The van der Waals surface area contributed by atoms with E-state index in [1.165, 1.54) is 5.56 Å². The number of carbonyl (C=O) groups is 1. The molecular weight excluding hydrogens is 328 g/mol. The van der Waals surface area contributed by atoms with Crippen molar-refractivity contribution in [3.8, 4) is 0 Å². The molecule has 1 aliphatic rings. The third kappa shape index (κ3) is 5.77. The third-order valence-electron chi connectivity index (χ3n) is 4.52. The summed E-state index contributed by atoms with van der Waals surface area (Å²) in [6.45, 7) is 1.33. The average molecular weight is 354 g/mol. The van der Waals surface area contributed by atoms with Gasteiger partial charge < -0.3 is 19.0 Å². The second-order valence-corrected chi connectivity index (χ2v) is 6.58. The van der Waals surface area contributed by atoms with Crippen LogP contribution in [0.1, 0.15) is 43.1 Å². The minimum atomic E-state index is -0.398. The van der Waals surface area contributed by atoms with Crippen LogP contribution in [0.15, 0.2) is 60.7 Å². The zero-order chi connectivity index (χ0) is 18.0. The molecule has 3 rings (SSSR count). The Bertz CT molecular complexity index is 644. The van der Waals surface area contributed by atoms with Crippen LogP contribution < -0.4 is 0 Å². The van der Waals surface area contributed by atoms with Gasteiger partial charge in [-0.15, -0.1) is 0 Å². The van der Waals surface area contributed by atoms with Crippen LogP contribution in [0.4, 0.5) is 0 Å². The third-order valence-corrected chi connectivity index (χ3v) is 4.52. The molecule has 1 saturated heterocycles. The van der Waals surface area contributed by atoms with E-state index in [1.807, 2.05) is 48.5 Å². The van der Waals surface area contributed by atoms with Gasteiger partial charge in [-0.25, -0.2) is 0 Å². The standard InChI is InChI=1S/C22H26O4/c23-14-13-21-16-20(25-22(26-21)19-10-5-2-6-11-19)12-7-15-24-17-18-8-3-1-4-9-18/h1-6,8-11,14,20-22H,7,12-13,15-17H2/t20-,21+,22-/m0/s1. The molecule has 0 aliphatic carbocycles. The highest BCUT2D eigenvalue weighted by Gasteiger charge is 2.30. The van der Waals surface area contributed by atoms with E-state index in [0.717, 1.165) is 31.1 Å². The summed E-state index contributed by atoms with van der Waals surface area (Å²) in [5.41, 5.74) is 2.18. The Morgan fingerprint density at radius 3 is 2.38 bits per heavy atom. The smallest absolute Gasteiger partial charge is 0.184 e. The summed E-state index contributed by atoms with van der Waals surface area (Å²) in [5.74, 6) is 0. The van der Waals surface area contributed by atoms with Gasteiger partial charge in [0.1, 0.15) is 6.29 Å². The minimum Gasteiger partial charge on any atom is -0.377 e. The van der Waals surface area contributed by atoms with Crippen molar-refractivity contribution in [1.82, 2.24) is 0 Å². The Labute approximate surface area is 155 Å². The first-order valence-corrected chi connectivity index (χ1v) is 9.26. The fourth-order valence-electron chi connectivity index (χ4n) is 3.18. The van der Waals surface area contributed by atoms with Gasteiger partial charge >= 0.3 is 0 Å². The van der Waals surface area contributed by atoms with E-state index in [-0.39, 0.29) is 12.2 Å². The fraction of sp³-hybridized carbons (Fsp3) is 0.409. The first-order chi connectivity index (χ1) is 12.8. The normalized spacial score (nSPS) is 22.8. The molecular formula is C22H26O4. The summed E-state index contributed by atoms with van der Waals surface area (Å²) in [5, 5.41) is 0. The van der Waals surface area contributed by atoms with Crippen LogP contribution in [-0.4, -0.2) is 25.1 Å². The number of hydrogen-bond donors (Lipinski definition) is 0. The molecule has 2 aromatic rings. The summed E-state index contributed by atoms with van der Waals surface area (Å²) in [7, 11) is 0. The van der Waals surface area contributed by atoms with E-state index in [9.17, 15) is 4.79 Å². The highest BCUT2D eigenvalue weighted by atomic mass is 16.7. The lowest BCUT2D eigenvalue weighted by molar-refractivity contribution is -0.248. The average Bonchev–Trinajstić information content (AvgIpc) is 2.69. The number of benzene rings is 2. The molecule has 0 unspecified atom stereocenters. The molecule has 0 aromatic heterocycles. The summed E-state index contributed by atoms with van der Waals surface area (Å²) in [6, 6.07) is 20.1. The van der Waals surface area contributed by atoms with Gasteiger partial charge in [0.05, 0.1) is 18.8 Å². The predicted molar refractivity (Wildman–Crippen MR) is 99.6 cm³/mol. The van der Waals surface area contributed by atoms with Crippen molar-refractivity contribution in [2.45, 2.75) is 50.8 Å². The molecule has 0 amide bonds. The van der Waals surface area contributed by atoms with E-state index in [2.05, 4.69) is 12.1 Å². The summed E-state index contributed by atoms with van der Waals surface area (Å²) >= 11 is 0. The van der Waals surface area contributed by atoms with E-state index >= 15 is 0 Å². The summed E-state index contributed by atoms with van der Waals surface area (Å²) in [6.07, 6.45) is 3.52. The van der Waals surface area contributed by atoms with Crippen LogP contribution in [0.2, 0.25) is 0 Å². The molecule has 0 spiro atoms. The number of aldehydes is 1. The van der Waals surface area contributed by atoms with Gasteiger partial charge in [-0.3, -0.25) is 0 Å². The number of rotatable bonds is 9. The van der Waals surface area contributed by atoms with Crippen LogP contribution in [0.5, 0.6) is 0 Å². The van der Waals surface area contributed by atoms with Crippen molar-refractivity contribution in [3.63, 3.8) is 0 Å². The lowest BCUT2D eigenvalue weighted by Gasteiger charge is -2.35. The Balaban J connectivity index is 1.45. The van der Waals surface area contributed by atoms with Crippen LogP contribution in [0.25, 0.3) is 0 Å². The topological polar surface area (TPSA) is 44.8 Å². The SMILES string of the molecule is O=CC[C@@H]1C[C@H](CCCOCc2ccccc2)O[C@H](c2ccccc2)O1. The van der Waals surface area contributed by atoms with Gasteiger partial charge in [-0.05, 0) is 18.4 Å². The van der Waals surface area contributed by atoms with Crippen molar-refractivity contribution in [2.24, 2.45) is 0 Å². The molecule has 1 fully saturated rings. The quantitative estimate of drug-likeness (QED) is 0.493. The number of carbonyl (C=O) groups excluding carboxylic acids is 1. The van der Waals surface area contributed by atoms with E-state index in [1.54, 1.807) is 0 Å². The van der Waals surface area contributed by atoms with Crippen molar-refractivity contribution >= 4 is 6.29 Å². The zero-order valence-corrected chi connectivity index (χ0v) is 15.0. The van der Waals surface area contributed by atoms with Crippen molar-refractivity contribution in [3.05, 3.63) is 71.8 Å². The first kappa shape index (κ1) is 18.8. The maximum absolute atomic E-state index is 10.9. The van der Waals surface area contributed by atoms with E-state index in [4.69, 9.17) is 14.2 Å². The molecule has 3 atom stereocenters. The monoisotopic (exact) mass is 354 g/mol. The van der Waals surface area contributed by atoms with Gasteiger partial charge in [0.25, 0.3) is 0 Å². The van der Waals surface area contributed by atoms with Crippen LogP contribution in [-0.2, 0) is 25.6 Å². The lowest BCUT2D eigenvalue weighted by Crippen LogP contribution is -2.34. The van der Waals surface area contributed by atoms with Crippen LogP contribution in [0, 0.1) is 0 Å². The maximum Gasteiger partial charge on any atom is 0.184 e. The molecule has 4 nitrogen and oxygen atoms in total.